The summed E-state index contributed by atoms with van der Waals surface area (Å²) in [5.41, 5.74) is 5.79. The van der Waals surface area contributed by atoms with Crippen LogP contribution in [0.3, 0.4) is 0 Å². The van der Waals surface area contributed by atoms with Gasteiger partial charge in [0.25, 0.3) is 5.91 Å². The summed E-state index contributed by atoms with van der Waals surface area (Å²) in [5, 5.41) is 4.05. The van der Waals surface area contributed by atoms with E-state index in [0.29, 0.717) is 18.1 Å². The molecule has 5 rings (SSSR count). The first kappa shape index (κ1) is 17.4. The topological polar surface area (TPSA) is 43.3 Å². The minimum absolute atomic E-state index is 0.0399. The highest BCUT2D eigenvalue weighted by Gasteiger charge is 2.29. The van der Waals surface area contributed by atoms with E-state index < -0.39 is 0 Å². The molecule has 1 fully saturated rings. The lowest BCUT2D eigenvalue weighted by molar-refractivity contribution is 0.0963. The van der Waals surface area contributed by atoms with Crippen LogP contribution < -0.4 is 10.1 Å². The van der Waals surface area contributed by atoms with Gasteiger partial charge in [-0.2, -0.15) is 0 Å². The maximum atomic E-state index is 12.3. The minimum atomic E-state index is -0.0399. The van der Waals surface area contributed by atoms with Crippen LogP contribution in [0.15, 0.2) is 42.5 Å². The molecule has 0 spiro atoms. The van der Waals surface area contributed by atoms with Crippen LogP contribution in [-0.4, -0.2) is 24.1 Å². The van der Waals surface area contributed by atoms with E-state index in [1.165, 1.54) is 54.3 Å². The van der Waals surface area contributed by atoms with Crippen molar-refractivity contribution in [1.82, 2.24) is 9.88 Å². The maximum absolute atomic E-state index is 12.3. The van der Waals surface area contributed by atoms with Gasteiger partial charge in [-0.1, -0.05) is 37.5 Å². The van der Waals surface area contributed by atoms with Gasteiger partial charge >= 0.3 is 0 Å². The van der Waals surface area contributed by atoms with E-state index in [9.17, 15) is 4.79 Å². The zero-order chi connectivity index (χ0) is 19.1. The summed E-state index contributed by atoms with van der Waals surface area (Å²) in [6.07, 6.45) is 6.42. The summed E-state index contributed by atoms with van der Waals surface area (Å²) in [6, 6.07) is 14.6. The van der Waals surface area contributed by atoms with E-state index in [1.807, 2.05) is 12.1 Å². The first-order chi connectivity index (χ1) is 13.8. The van der Waals surface area contributed by atoms with Crippen LogP contribution in [0.4, 0.5) is 0 Å². The molecule has 28 heavy (non-hydrogen) atoms. The molecule has 0 saturated heterocycles. The molecule has 2 aromatic carbocycles. The molecule has 1 amide bonds. The van der Waals surface area contributed by atoms with Gasteiger partial charge < -0.3 is 14.6 Å². The normalized spacial score (nSPS) is 16.8. The lowest BCUT2D eigenvalue weighted by Crippen LogP contribution is -2.17. The van der Waals surface area contributed by atoms with Crippen LogP contribution in [0.5, 0.6) is 5.75 Å². The lowest BCUT2D eigenvalue weighted by atomic mass is 9.81. The van der Waals surface area contributed by atoms with Crippen molar-refractivity contribution < 1.29 is 9.53 Å². The van der Waals surface area contributed by atoms with E-state index in [1.54, 1.807) is 7.05 Å². The van der Waals surface area contributed by atoms with Crippen molar-refractivity contribution in [3.05, 3.63) is 53.6 Å². The van der Waals surface area contributed by atoms with Crippen molar-refractivity contribution in [2.45, 2.75) is 44.6 Å². The molecule has 1 saturated carbocycles. The van der Waals surface area contributed by atoms with Crippen LogP contribution in [-0.2, 0) is 6.54 Å². The van der Waals surface area contributed by atoms with Crippen molar-refractivity contribution in [1.29, 1.82) is 0 Å². The highest BCUT2D eigenvalue weighted by Crippen LogP contribution is 2.46. The summed E-state index contributed by atoms with van der Waals surface area (Å²) >= 11 is 0. The third-order valence-corrected chi connectivity index (χ3v) is 6.32. The van der Waals surface area contributed by atoms with Crippen LogP contribution in [0, 0.1) is 0 Å². The molecule has 0 radical (unpaired) electrons. The predicted molar refractivity (Wildman–Crippen MR) is 112 cm³/mol. The van der Waals surface area contributed by atoms with E-state index in [0.717, 1.165) is 17.8 Å². The fraction of sp³-hybridized carbons (Fsp3) is 0.375. The number of fused-ring (bicyclic) bond motifs is 5. The number of nitrogens with one attached hydrogen (secondary N) is 1. The van der Waals surface area contributed by atoms with Gasteiger partial charge in [0.05, 0.1) is 12.2 Å². The largest absolute Gasteiger partial charge is 0.491 e. The number of carbonyl (C=O) groups excluding carboxylic acids is 1. The Morgan fingerprint density at radius 1 is 1.11 bits per heavy atom. The number of rotatable bonds is 2. The molecular weight excluding hydrogens is 348 g/mol. The fourth-order valence-electron chi connectivity index (χ4n) is 5.02. The van der Waals surface area contributed by atoms with Gasteiger partial charge in [0.1, 0.15) is 12.4 Å². The molecular formula is C24H26N2O2. The molecule has 1 N–H and O–H groups in total. The van der Waals surface area contributed by atoms with Crippen molar-refractivity contribution >= 4 is 16.8 Å². The van der Waals surface area contributed by atoms with Gasteiger partial charge in [-0.15, -0.1) is 0 Å². The Morgan fingerprint density at radius 2 is 1.93 bits per heavy atom. The highest BCUT2D eigenvalue weighted by molar-refractivity contribution is 6.01. The van der Waals surface area contributed by atoms with Crippen LogP contribution in [0.2, 0.25) is 0 Å². The molecule has 0 bridgehead atoms. The Bertz CT molecular complexity index is 1040. The number of carbonyl (C=O) groups is 1. The van der Waals surface area contributed by atoms with E-state index >= 15 is 0 Å². The lowest BCUT2D eigenvalue weighted by Gasteiger charge is -2.23. The second-order valence-electron chi connectivity index (χ2n) is 7.90. The molecule has 2 heterocycles. The quantitative estimate of drug-likeness (QED) is 0.677. The SMILES string of the molecule is CNC(=O)c1ccc2c(C3CCCCC3)c3n(c2c1)CCOc1ccccc1-3. The van der Waals surface area contributed by atoms with Gasteiger partial charge in [-0.25, -0.2) is 0 Å². The Kier molecular flexibility index (Phi) is 4.34. The number of ether oxygens (including phenoxy) is 1. The Morgan fingerprint density at radius 3 is 2.75 bits per heavy atom. The number of benzene rings is 2. The molecule has 1 aliphatic heterocycles. The molecule has 144 valence electrons. The van der Waals surface area contributed by atoms with Crippen molar-refractivity contribution in [3.8, 4) is 17.0 Å². The Labute approximate surface area is 165 Å². The molecule has 0 unspecified atom stereocenters. The minimum Gasteiger partial charge on any atom is -0.491 e. The second-order valence-corrected chi connectivity index (χ2v) is 7.90. The number of aromatic nitrogens is 1. The van der Waals surface area contributed by atoms with Crippen LogP contribution in [0.1, 0.15) is 53.9 Å². The van der Waals surface area contributed by atoms with Crippen LogP contribution in [0.25, 0.3) is 22.2 Å². The Hall–Kier alpha value is -2.75. The van der Waals surface area contributed by atoms with Gasteiger partial charge in [-0.3, -0.25) is 4.79 Å². The highest BCUT2D eigenvalue weighted by atomic mass is 16.5. The third kappa shape index (κ3) is 2.70. The predicted octanol–water partition coefficient (Wildman–Crippen LogP) is 5.11. The third-order valence-electron chi connectivity index (χ3n) is 6.32. The molecule has 3 aromatic rings. The average Bonchev–Trinajstić information content (AvgIpc) is 2.95. The van der Waals surface area contributed by atoms with E-state index in [-0.39, 0.29) is 5.91 Å². The summed E-state index contributed by atoms with van der Waals surface area (Å²) in [6.45, 7) is 1.44. The van der Waals surface area contributed by atoms with E-state index in [2.05, 4.69) is 40.2 Å². The molecule has 1 aliphatic carbocycles. The van der Waals surface area contributed by atoms with Gasteiger partial charge in [-0.05, 0) is 48.6 Å². The summed E-state index contributed by atoms with van der Waals surface area (Å²) in [5.74, 6) is 1.50. The number of hydrogen-bond donors (Lipinski definition) is 1. The summed E-state index contributed by atoms with van der Waals surface area (Å²) < 4.78 is 8.47. The number of para-hydroxylation sites is 1. The number of amides is 1. The van der Waals surface area contributed by atoms with Gasteiger partial charge in [0.15, 0.2) is 0 Å². The monoisotopic (exact) mass is 374 g/mol. The van der Waals surface area contributed by atoms with Crippen LogP contribution >= 0.6 is 0 Å². The molecule has 0 atom stereocenters. The van der Waals surface area contributed by atoms with Crippen molar-refractivity contribution in [3.63, 3.8) is 0 Å². The first-order valence-electron chi connectivity index (χ1n) is 10.4. The Balaban J connectivity index is 1.81. The first-order valence-corrected chi connectivity index (χ1v) is 10.4. The summed E-state index contributed by atoms with van der Waals surface area (Å²) in [4.78, 5) is 12.3. The average molecular weight is 374 g/mol. The van der Waals surface area contributed by atoms with Gasteiger partial charge in [0, 0.05) is 29.1 Å². The van der Waals surface area contributed by atoms with Crippen molar-refractivity contribution in [2.24, 2.45) is 0 Å². The van der Waals surface area contributed by atoms with Gasteiger partial charge in [0.2, 0.25) is 0 Å². The zero-order valence-corrected chi connectivity index (χ0v) is 16.3. The summed E-state index contributed by atoms with van der Waals surface area (Å²) in [7, 11) is 1.68. The molecule has 1 aromatic heterocycles. The molecule has 2 aliphatic rings. The zero-order valence-electron chi connectivity index (χ0n) is 16.3. The number of nitrogens with zero attached hydrogens (tertiary/aromatic N) is 1. The molecule has 4 heteroatoms. The molecule has 4 nitrogen and oxygen atoms in total. The van der Waals surface area contributed by atoms with E-state index in [4.69, 9.17) is 4.74 Å². The standard InChI is InChI=1S/C24H26N2O2/c1-25-24(27)17-11-12-18-20(15-17)26-13-14-28-21-10-6-5-9-19(21)23(26)22(18)16-7-3-2-4-8-16/h5-6,9-12,15-16H,2-4,7-8,13-14H2,1H3,(H,25,27). The second kappa shape index (κ2) is 7.01. The van der Waals surface area contributed by atoms with Crippen molar-refractivity contribution in [2.75, 3.05) is 13.7 Å². The smallest absolute Gasteiger partial charge is 0.251 e. The maximum Gasteiger partial charge on any atom is 0.251 e. The fourth-order valence-corrected chi connectivity index (χ4v) is 5.02. The number of hydrogen-bond acceptors (Lipinski definition) is 2.